The predicted octanol–water partition coefficient (Wildman–Crippen LogP) is 3.14. The van der Waals surface area contributed by atoms with Crippen molar-refractivity contribution >= 4 is 11.9 Å². The van der Waals surface area contributed by atoms with Gasteiger partial charge in [-0.2, -0.15) is 0 Å². The fourth-order valence-electron chi connectivity index (χ4n) is 3.41. The molecule has 0 aliphatic heterocycles. The van der Waals surface area contributed by atoms with Crippen LogP contribution in [0.15, 0.2) is 18.2 Å². The van der Waals surface area contributed by atoms with Crippen molar-refractivity contribution in [3.8, 4) is 0 Å². The van der Waals surface area contributed by atoms with Crippen molar-refractivity contribution in [3.63, 3.8) is 0 Å². The van der Waals surface area contributed by atoms with E-state index in [-0.39, 0.29) is 17.7 Å². The van der Waals surface area contributed by atoms with E-state index in [2.05, 4.69) is 12.2 Å². The standard InChI is InChI=1S/C20H28FNO5/c1-3-14-6-8-20(9-7-14,19(24)25)22-18(23)15-4-5-17(21)16(12-15)13-27-11-10-26-2/h4-5,12,14H,3,6-11,13H2,1-2H3,(H,22,23)(H,24,25). The van der Waals surface area contributed by atoms with Crippen molar-refractivity contribution < 1.29 is 28.6 Å². The number of methoxy groups -OCH3 is 1. The minimum atomic E-state index is -1.26. The third kappa shape index (κ3) is 5.49. The zero-order valence-electron chi connectivity index (χ0n) is 15.9. The van der Waals surface area contributed by atoms with Crippen LogP contribution in [0.25, 0.3) is 0 Å². The van der Waals surface area contributed by atoms with Gasteiger partial charge in [-0.1, -0.05) is 13.3 Å². The summed E-state index contributed by atoms with van der Waals surface area (Å²) in [4.78, 5) is 24.5. The second-order valence-electron chi connectivity index (χ2n) is 7.04. The zero-order valence-corrected chi connectivity index (χ0v) is 15.9. The summed E-state index contributed by atoms with van der Waals surface area (Å²) < 4.78 is 24.1. The molecular weight excluding hydrogens is 353 g/mol. The number of rotatable bonds is 9. The van der Waals surface area contributed by atoms with E-state index >= 15 is 0 Å². The molecule has 2 N–H and O–H groups in total. The highest BCUT2D eigenvalue weighted by Gasteiger charge is 2.43. The molecule has 27 heavy (non-hydrogen) atoms. The van der Waals surface area contributed by atoms with Gasteiger partial charge in [-0.05, 0) is 49.8 Å². The van der Waals surface area contributed by atoms with Gasteiger partial charge in [0.15, 0.2) is 0 Å². The number of halogens is 1. The molecule has 0 atom stereocenters. The number of carboxylic acid groups (broad SMARTS) is 1. The highest BCUT2D eigenvalue weighted by Crippen LogP contribution is 2.34. The molecule has 1 aromatic carbocycles. The van der Waals surface area contributed by atoms with Crippen molar-refractivity contribution in [1.29, 1.82) is 0 Å². The zero-order chi connectivity index (χ0) is 19.9. The molecule has 150 valence electrons. The molecule has 1 aromatic rings. The highest BCUT2D eigenvalue weighted by molar-refractivity contribution is 5.98. The molecule has 0 unspecified atom stereocenters. The Kier molecular flexibility index (Phi) is 7.74. The summed E-state index contributed by atoms with van der Waals surface area (Å²) in [7, 11) is 1.54. The maximum absolute atomic E-state index is 13.9. The summed E-state index contributed by atoms with van der Waals surface area (Å²) in [6.45, 7) is 2.80. The Morgan fingerprint density at radius 1 is 1.30 bits per heavy atom. The third-order valence-electron chi connectivity index (χ3n) is 5.30. The maximum Gasteiger partial charge on any atom is 0.329 e. The molecule has 7 heteroatoms. The van der Waals surface area contributed by atoms with E-state index in [0.29, 0.717) is 32.0 Å². The van der Waals surface area contributed by atoms with Crippen molar-refractivity contribution in [1.82, 2.24) is 5.32 Å². The topological polar surface area (TPSA) is 84.9 Å². The first-order valence-electron chi connectivity index (χ1n) is 9.33. The molecule has 1 amide bonds. The molecule has 2 rings (SSSR count). The molecule has 1 aliphatic carbocycles. The van der Waals surface area contributed by atoms with E-state index in [1.54, 1.807) is 7.11 Å². The number of ether oxygens (including phenoxy) is 2. The van der Waals surface area contributed by atoms with Crippen LogP contribution in [-0.4, -0.2) is 42.8 Å². The van der Waals surface area contributed by atoms with E-state index < -0.39 is 23.2 Å². The summed E-state index contributed by atoms with van der Waals surface area (Å²) in [5, 5.41) is 12.4. The van der Waals surface area contributed by atoms with Crippen molar-refractivity contribution in [3.05, 3.63) is 35.1 Å². The Hall–Kier alpha value is -1.99. The van der Waals surface area contributed by atoms with Gasteiger partial charge in [-0.3, -0.25) is 4.79 Å². The van der Waals surface area contributed by atoms with E-state index in [1.807, 2.05) is 0 Å². The molecule has 1 fully saturated rings. The van der Waals surface area contributed by atoms with Crippen LogP contribution in [0.1, 0.15) is 54.9 Å². The third-order valence-corrected chi connectivity index (χ3v) is 5.30. The maximum atomic E-state index is 13.9. The minimum absolute atomic E-state index is 0.0125. The fourth-order valence-corrected chi connectivity index (χ4v) is 3.41. The summed E-state index contributed by atoms with van der Waals surface area (Å²) in [6, 6.07) is 3.96. The van der Waals surface area contributed by atoms with Crippen molar-refractivity contribution in [2.45, 2.75) is 51.2 Å². The van der Waals surface area contributed by atoms with Gasteiger partial charge in [0, 0.05) is 18.2 Å². The molecule has 0 heterocycles. The molecule has 0 saturated heterocycles. The molecule has 0 bridgehead atoms. The summed E-state index contributed by atoms with van der Waals surface area (Å²) >= 11 is 0. The summed E-state index contributed by atoms with van der Waals surface area (Å²) in [5.41, 5.74) is -0.787. The molecule has 0 spiro atoms. The quantitative estimate of drug-likeness (QED) is 0.642. The molecule has 6 nitrogen and oxygen atoms in total. The number of amides is 1. The number of carbonyl (C=O) groups is 2. The smallest absolute Gasteiger partial charge is 0.329 e. The lowest BCUT2D eigenvalue weighted by molar-refractivity contribution is -0.146. The van der Waals surface area contributed by atoms with Crippen LogP contribution in [0.3, 0.4) is 0 Å². The lowest BCUT2D eigenvalue weighted by Gasteiger charge is -2.37. The monoisotopic (exact) mass is 381 g/mol. The van der Waals surface area contributed by atoms with Gasteiger partial charge in [0.25, 0.3) is 5.91 Å². The van der Waals surface area contributed by atoms with Crippen LogP contribution in [0.4, 0.5) is 4.39 Å². The molecule has 1 aliphatic rings. The van der Waals surface area contributed by atoms with E-state index in [1.165, 1.54) is 18.2 Å². The first-order chi connectivity index (χ1) is 12.9. The van der Waals surface area contributed by atoms with Gasteiger partial charge in [-0.15, -0.1) is 0 Å². The van der Waals surface area contributed by atoms with Crippen molar-refractivity contribution in [2.24, 2.45) is 5.92 Å². The first-order valence-corrected chi connectivity index (χ1v) is 9.33. The Balaban J connectivity index is 2.08. The number of aliphatic carboxylic acids is 1. The van der Waals surface area contributed by atoms with Gasteiger partial charge in [0.05, 0.1) is 19.8 Å². The Bertz CT molecular complexity index is 656. The van der Waals surface area contributed by atoms with Crippen LogP contribution in [0.2, 0.25) is 0 Å². The second-order valence-corrected chi connectivity index (χ2v) is 7.04. The highest BCUT2D eigenvalue weighted by atomic mass is 19.1. The van der Waals surface area contributed by atoms with Crippen LogP contribution in [0, 0.1) is 11.7 Å². The Morgan fingerprint density at radius 2 is 2.00 bits per heavy atom. The number of benzene rings is 1. The first kappa shape index (κ1) is 21.3. The van der Waals surface area contributed by atoms with E-state index in [4.69, 9.17) is 9.47 Å². The summed E-state index contributed by atoms with van der Waals surface area (Å²) in [6.07, 6.45) is 3.35. The number of carbonyl (C=O) groups excluding carboxylic acids is 1. The number of nitrogens with one attached hydrogen (secondary N) is 1. The largest absolute Gasteiger partial charge is 0.480 e. The van der Waals surface area contributed by atoms with Crippen molar-refractivity contribution in [2.75, 3.05) is 20.3 Å². The van der Waals surface area contributed by atoms with Gasteiger partial charge in [-0.25, -0.2) is 9.18 Å². The molecule has 0 radical (unpaired) electrons. The molecule has 0 aromatic heterocycles. The van der Waals surface area contributed by atoms with Gasteiger partial charge in [0.2, 0.25) is 0 Å². The number of hydrogen-bond acceptors (Lipinski definition) is 4. The lowest BCUT2D eigenvalue weighted by Crippen LogP contribution is -2.56. The van der Waals surface area contributed by atoms with Crippen LogP contribution in [0.5, 0.6) is 0 Å². The minimum Gasteiger partial charge on any atom is -0.480 e. The van der Waals surface area contributed by atoms with E-state index in [0.717, 1.165) is 19.3 Å². The van der Waals surface area contributed by atoms with Gasteiger partial charge in [0.1, 0.15) is 11.4 Å². The van der Waals surface area contributed by atoms with Crippen LogP contribution in [-0.2, 0) is 20.9 Å². The second kappa shape index (κ2) is 9.80. The number of carboxylic acids is 1. The Morgan fingerprint density at radius 3 is 2.59 bits per heavy atom. The SMILES string of the molecule is CCC1CCC(NC(=O)c2ccc(F)c(COCCOC)c2)(C(=O)O)CC1. The van der Waals surface area contributed by atoms with Gasteiger partial charge >= 0.3 is 5.97 Å². The Labute approximate surface area is 159 Å². The van der Waals surface area contributed by atoms with Crippen LogP contribution < -0.4 is 5.32 Å². The van der Waals surface area contributed by atoms with Crippen LogP contribution >= 0.6 is 0 Å². The molecule has 1 saturated carbocycles. The molecular formula is C20H28FNO5. The normalized spacial score (nSPS) is 22.4. The van der Waals surface area contributed by atoms with E-state index in [9.17, 15) is 19.1 Å². The summed E-state index contributed by atoms with van der Waals surface area (Å²) in [5.74, 6) is -1.50. The fraction of sp³-hybridized carbons (Fsp3) is 0.600. The van der Waals surface area contributed by atoms with Gasteiger partial charge < -0.3 is 19.9 Å². The lowest BCUT2D eigenvalue weighted by atomic mass is 9.75. The average molecular weight is 381 g/mol. The number of hydrogen-bond donors (Lipinski definition) is 2. The predicted molar refractivity (Wildman–Crippen MR) is 98.0 cm³/mol. The average Bonchev–Trinajstić information content (AvgIpc) is 2.66.